The number of rotatable bonds is 5. The lowest BCUT2D eigenvalue weighted by atomic mass is 10.1. The summed E-state index contributed by atoms with van der Waals surface area (Å²) in [7, 11) is 1.19. The van der Waals surface area contributed by atoms with Crippen LogP contribution in [0.25, 0.3) is 17.0 Å². The third-order valence-electron chi connectivity index (χ3n) is 4.86. The van der Waals surface area contributed by atoms with Crippen LogP contribution in [0.2, 0.25) is 0 Å². The number of hydrogen-bond acceptors (Lipinski definition) is 4. The minimum atomic E-state index is -0.685. The lowest BCUT2D eigenvalue weighted by molar-refractivity contribution is -0.143. The van der Waals surface area contributed by atoms with Gasteiger partial charge in [-0.3, -0.25) is 9.59 Å². The number of nitrogens with one attached hydrogen (secondary N) is 1. The highest BCUT2D eigenvalue weighted by Crippen LogP contribution is 2.25. The summed E-state index contributed by atoms with van der Waals surface area (Å²) in [4.78, 5) is 36.9. The van der Waals surface area contributed by atoms with Gasteiger partial charge in [0.15, 0.2) is 0 Å². The highest BCUT2D eigenvalue weighted by atomic mass is 19.1. The van der Waals surface area contributed by atoms with Crippen LogP contribution in [0.4, 0.5) is 9.18 Å². The Hall–Kier alpha value is -3.94. The number of halogens is 1. The summed E-state index contributed by atoms with van der Waals surface area (Å²) in [5, 5.41) is 3.39. The fraction of sp³-hybridized carbons (Fsp3) is 0.136. The van der Waals surface area contributed by atoms with E-state index in [1.807, 2.05) is 35.0 Å². The average molecular weight is 407 g/mol. The minimum absolute atomic E-state index is 0.0774. The van der Waals surface area contributed by atoms with Crippen LogP contribution in [0, 0.1) is 5.82 Å². The van der Waals surface area contributed by atoms with Crippen LogP contribution in [0.5, 0.6) is 0 Å². The number of amides is 3. The monoisotopic (exact) mass is 407 g/mol. The van der Waals surface area contributed by atoms with Crippen molar-refractivity contribution >= 4 is 34.9 Å². The fourth-order valence-electron chi connectivity index (χ4n) is 3.37. The molecule has 3 amide bonds. The van der Waals surface area contributed by atoms with Gasteiger partial charge < -0.3 is 14.6 Å². The van der Waals surface area contributed by atoms with Gasteiger partial charge in [-0.1, -0.05) is 30.3 Å². The lowest BCUT2D eigenvalue weighted by Gasteiger charge is -2.08. The molecule has 0 radical (unpaired) electrons. The molecule has 0 saturated carbocycles. The Labute approximate surface area is 171 Å². The van der Waals surface area contributed by atoms with Crippen LogP contribution < -0.4 is 5.32 Å². The van der Waals surface area contributed by atoms with E-state index in [0.29, 0.717) is 6.54 Å². The topological polar surface area (TPSA) is 80.6 Å². The minimum Gasteiger partial charge on any atom is -0.468 e. The summed E-state index contributed by atoms with van der Waals surface area (Å²) < 4.78 is 19.7. The van der Waals surface area contributed by atoms with E-state index in [4.69, 9.17) is 0 Å². The molecule has 2 aromatic carbocycles. The number of urea groups is 1. The lowest BCUT2D eigenvalue weighted by Crippen LogP contribution is -2.36. The largest absolute Gasteiger partial charge is 0.468 e. The van der Waals surface area contributed by atoms with Crippen molar-refractivity contribution in [1.82, 2.24) is 14.8 Å². The molecule has 0 unspecified atom stereocenters. The normalized spacial score (nSPS) is 15.1. The maximum Gasteiger partial charge on any atom is 0.329 e. The summed E-state index contributed by atoms with van der Waals surface area (Å²) in [6.45, 7) is 0.0591. The number of nitrogens with zero attached hydrogens (tertiary/aromatic N) is 2. The second kappa shape index (κ2) is 7.82. The zero-order valence-corrected chi connectivity index (χ0v) is 16.1. The number of imide groups is 1. The van der Waals surface area contributed by atoms with Gasteiger partial charge in [0, 0.05) is 29.2 Å². The summed E-state index contributed by atoms with van der Waals surface area (Å²) in [6.07, 6.45) is 3.45. The smallest absolute Gasteiger partial charge is 0.329 e. The molecule has 30 heavy (non-hydrogen) atoms. The molecule has 1 aliphatic rings. The number of hydrogen-bond donors (Lipinski definition) is 1. The highest BCUT2D eigenvalue weighted by Gasteiger charge is 2.35. The Morgan fingerprint density at radius 1 is 1.13 bits per heavy atom. The summed E-state index contributed by atoms with van der Waals surface area (Å²) in [5.74, 6) is -1.58. The summed E-state index contributed by atoms with van der Waals surface area (Å²) >= 11 is 0. The van der Waals surface area contributed by atoms with E-state index in [-0.39, 0.29) is 11.5 Å². The second-order valence-corrected chi connectivity index (χ2v) is 6.81. The molecule has 1 aliphatic heterocycles. The van der Waals surface area contributed by atoms with Crippen LogP contribution in [0.1, 0.15) is 11.1 Å². The zero-order chi connectivity index (χ0) is 21.3. The van der Waals surface area contributed by atoms with Gasteiger partial charge in [-0.2, -0.15) is 0 Å². The van der Waals surface area contributed by atoms with Crippen molar-refractivity contribution in [2.75, 3.05) is 13.7 Å². The molecular weight excluding hydrogens is 389 g/mol. The molecule has 4 rings (SSSR count). The van der Waals surface area contributed by atoms with Crippen molar-refractivity contribution in [2.45, 2.75) is 6.54 Å². The Kier molecular flexibility index (Phi) is 5.05. The van der Waals surface area contributed by atoms with E-state index < -0.39 is 24.5 Å². The Balaban J connectivity index is 1.68. The van der Waals surface area contributed by atoms with E-state index in [0.717, 1.165) is 26.9 Å². The third kappa shape index (κ3) is 3.67. The van der Waals surface area contributed by atoms with Gasteiger partial charge in [0.25, 0.3) is 5.91 Å². The number of esters is 1. The van der Waals surface area contributed by atoms with Crippen LogP contribution in [-0.2, 0) is 20.9 Å². The quantitative estimate of drug-likeness (QED) is 0.401. The van der Waals surface area contributed by atoms with Crippen LogP contribution in [0.3, 0.4) is 0 Å². The van der Waals surface area contributed by atoms with E-state index in [2.05, 4.69) is 10.1 Å². The molecule has 0 aliphatic carbocycles. The van der Waals surface area contributed by atoms with Crippen LogP contribution in [-0.4, -0.2) is 41.0 Å². The molecular formula is C22H18FN3O4. The summed E-state index contributed by atoms with van der Waals surface area (Å²) in [5.41, 5.74) is 2.66. The average Bonchev–Trinajstić information content (AvgIpc) is 3.22. The number of benzene rings is 2. The first kappa shape index (κ1) is 19.4. The summed E-state index contributed by atoms with van der Waals surface area (Å²) in [6, 6.07) is 13.2. The van der Waals surface area contributed by atoms with Gasteiger partial charge in [-0.05, 0) is 29.8 Å². The number of para-hydroxylation sites is 1. The van der Waals surface area contributed by atoms with Gasteiger partial charge in [-0.25, -0.2) is 14.1 Å². The molecule has 2 heterocycles. The standard InChI is InChI=1S/C22H18FN3O4/c1-30-20(27)13-26-21(28)18(24-22(26)29)10-15-12-25(19-5-3-2-4-17(15)19)11-14-6-8-16(23)9-7-14/h2-10,12H,11,13H2,1H3,(H,24,29)/b18-10+. The number of fused-ring (bicyclic) bond motifs is 1. The van der Waals surface area contributed by atoms with E-state index in [1.54, 1.807) is 18.2 Å². The molecule has 0 spiro atoms. The first-order chi connectivity index (χ1) is 14.5. The van der Waals surface area contributed by atoms with Crippen molar-refractivity contribution < 1.29 is 23.5 Å². The predicted molar refractivity (Wildman–Crippen MR) is 108 cm³/mol. The zero-order valence-electron chi connectivity index (χ0n) is 16.1. The Morgan fingerprint density at radius 2 is 1.87 bits per heavy atom. The van der Waals surface area contributed by atoms with Crippen molar-refractivity contribution in [2.24, 2.45) is 0 Å². The predicted octanol–water partition coefficient (Wildman–Crippen LogP) is 2.89. The first-order valence-electron chi connectivity index (χ1n) is 9.20. The molecule has 8 heteroatoms. The SMILES string of the molecule is COC(=O)CN1C(=O)N/C(=C/c2cn(Cc3ccc(F)cc3)c3ccccc23)C1=O. The molecule has 152 valence electrons. The second-order valence-electron chi connectivity index (χ2n) is 6.81. The van der Waals surface area contributed by atoms with E-state index in [9.17, 15) is 18.8 Å². The number of carbonyl (C=O) groups is 3. The van der Waals surface area contributed by atoms with Gasteiger partial charge in [0.1, 0.15) is 18.1 Å². The van der Waals surface area contributed by atoms with E-state index >= 15 is 0 Å². The maximum atomic E-state index is 13.2. The number of ether oxygens (including phenoxy) is 1. The Bertz CT molecular complexity index is 1180. The first-order valence-corrected chi connectivity index (χ1v) is 9.20. The van der Waals surface area contributed by atoms with E-state index in [1.165, 1.54) is 19.2 Å². The fourth-order valence-corrected chi connectivity index (χ4v) is 3.37. The van der Waals surface area contributed by atoms with Gasteiger partial charge in [0.05, 0.1) is 7.11 Å². The molecule has 3 aromatic rings. The number of carbonyl (C=O) groups excluding carboxylic acids is 3. The number of aromatic nitrogens is 1. The molecule has 1 aromatic heterocycles. The van der Waals surface area contributed by atoms with Crippen molar-refractivity contribution in [3.8, 4) is 0 Å². The van der Waals surface area contributed by atoms with Gasteiger partial charge in [-0.15, -0.1) is 0 Å². The molecule has 0 bridgehead atoms. The molecule has 7 nitrogen and oxygen atoms in total. The van der Waals surface area contributed by atoms with Gasteiger partial charge >= 0.3 is 12.0 Å². The van der Waals surface area contributed by atoms with Crippen molar-refractivity contribution in [1.29, 1.82) is 0 Å². The Morgan fingerprint density at radius 3 is 2.60 bits per heavy atom. The molecule has 1 saturated heterocycles. The highest BCUT2D eigenvalue weighted by molar-refractivity contribution is 6.15. The van der Waals surface area contributed by atoms with Crippen LogP contribution in [0.15, 0.2) is 60.4 Å². The van der Waals surface area contributed by atoms with Crippen LogP contribution >= 0.6 is 0 Å². The molecule has 1 fully saturated rings. The number of methoxy groups -OCH3 is 1. The maximum absolute atomic E-state index is 13.2. The van der Waals surface area contributed by atoms with Gasteiger partial charge in [0.2, 0.25) is 0 Å². The molecule has 1 N–H and O–H groups in total. The molecule has 0 atom stereocenters. The van der Waals surface area contributed by atoms with Crippen molar-refractivity contribution in [3.63, 3.8) is 0 Å². The third-order valence-corrected chi connectivity index (χ3v) is 4.86. The van der Waals surface area contributed by atoms with Crippen molar-refractivity contribution in [3.05, 3.63) is 77.4 Å².